The third kappa shape index (κ3) is 2.37. The van der Waals surface area contributed by atoms with E-state index in [9.17, 15) is 0 Å². The topological polar surface area (TPSA) is 24.1 Å². The molecule has 2 aliphatic rings. The zero-order chi connectivity index (χ0) is 9.80. The highest BCUT2D eigenvalue weighted by Crippen LogP contribution is 2.25. The van der Waals surface area contributed by atoms with Crippen molar-refractivity contribution in [2.45, 2.75) is 38.6 Å². The molecular weight excluding hydrogens is 172 g/mol. The van der Waals surface area contributed by atoms with Crippen molar-refractivity contribution in [3.8, 4) is 0 Å². The maximum Gasteiger partial charge on any atom is 0.00737 e. The Morgan fingerprint density at radius 3 is 3.07 bits per heavy atom. The van der Waals surface area contributed by atoms with E-state index in [4.69, 9.17) is 0 Å². The van der Waals surface area contributed by atoms with Crippen molar-refractivity contribution >= 4 is 0 Å². The molecule has 2 nitrogen and oxygen atoms in total. The first-order valence-corrected chi connectivity index (χ1v) is 5.99. The Bertz CT molecular complexity index is 204. The summed E-state index contributed by atoms with van der Waals surface area (Å²) in [5, 5.41) is 7.10. The molecule has 2 N–H and O–H groups in total. The summed E-state index contributed by atoms with van der Waals surface area (Å²) >= 11 is 0. The minimum atomic E-state index is 0.787. The van der Waals surface area contributed by atoms with E-state index in [2.05, 4.69) is 23.6 Å². The summed E-state index contributed by atoms with van der Waals surface area (Å²) in [4.78, 5) is 0. The lowest BCUT2D eigenvalue weighted by Crippen LogP contribution is -2.35. The lowest BCUT2D eigenvalue weighted by Gasteiger charge is -2.28. The predicted molar refractivity (Wildman–Crippen MR) is 60.4 cm³/mol. The maximum absolute atomic E-state index is 3.59. The van der Waals surface area contributed by atoms with Crippen LogP contribution in [0.25, 0.3) is 0 Å². The standard InChI is InChI=1S/C12H22N2/c1-2-10-5-7-13-9-11(10)8-12-4-3-6-14-12/h2,11-14H,3-9H2,1H3/b10-2+. The van der Waals surface area contributed by atoms with Crippen molar-refractivity contribution in [1.29, 1.82) is 0 Å². The van der Waals surface area contributed by atoms with E-state index in [0.29, 0.717) is 0 Å². The molecule has 0 aliphatic carbocycles. The lowest BCUT2D eigenvalue weighted by atomic mass is 9.87. The van der Waals surface area contributed by atoms with Crippen LogP contribution in [0.3, 0.4) is 0 Å². The summed E-state index contributed by atoms with van der Waals surface area (Å²) in [7, 11) is 0. The van der Waals surface area contributed by atoms with Gasteiger partial charge in [-0.05, 0) is 51.6 Å². The summed E-state index contributed by atoms with van der Waals surface area (Å²) < 4.78 is 0. The smallest absolute Gasteiger partial charge is 0.00737 e. The van der Waals surface area contributed by atoms with Crippen molar-refractivity contribution < 1.29 is 0 Å². The Hall–Kier alpha value is -0.340. The summed E-state index contributed by atoms with van der Waals surface area (Å²) in [6.07, 6.45) is 7.69. The van der Waals surface area contributed by atoms with Gasteiger partial charge in [0.05, 0.1) is 0 Å². The minimum Gasteiger partial charge on any atom is -0.316 e. The van der Waals surface area contributed by atoms with E-state index in [1.165, 1.54) is 45.3 Å². The van der Waals surface area contributed by atoms with E-state index in [-0.39, 0.29) is 0 Å². The normalized spacial score (nSPS) is 36.5. The molecule has 2 aliphatic heterocycles. The SMILES string of the molecule is C/C=C1\CCNCC1CC1CCCN1. The summed E-state index contributed by atoms with van der Waals surface area (Å²) in [5.41, 5.74) is 1.68. The Morgan fingerprint density at radius 2 is 2.36 bits per heavy atom. The highest BCUT2D eigenvalue weighted by atomic mass is 14.9. The molecule has 2 heterocycles. The van der Waals surface area contributed by atoms with E-state index >= 15 is 0 Å². The van der Waals surface area contributed by atoms with Gasteiger partial charge in [-0.3, -0.25) is 0 Å². The fourth-order valence-corrected chi connectivity index (χ4v) is 2.76. The molecule has 2 atom stereocenters. The molecule has 0 aromatic rings. The van der Waals surface area contributed by atoms with Crippen molar-refractivity contribution in [2.24, 2.45) is 5.92 Å². The highest BCUT2D eigenvalue weighted by molar-refractivity contribution is 5.10. The van der Waals surface area contributed by atoms with Crippen molar-refractivity contribution in [2.75, 3.05) is 19.6 Å². The van der Waals surface area contributed by atoms with Crippen LogP contribution in [0.15, 0.2) is 11.6 Å². The molecule has 80 valence electrons. The zero-order valence-electron chi connectivity index (χ0n) is 9.18. The molecular formula is C12H22N2. The average Bonchev–Trinajstić information content (AvgIpc) is 2.71. The Morgan fingerprint density at radius 1 is 1.43 bits per heavy atom. The largest absolute Gasteiger partial charge is 0.316 e. The fourth-order valence-electron chi connectivity index (χ4n) is 2.76. The third-order valence-electron chi connectivity index (χ3n) is 3.61. The number of nitrogens with one attached hydrogen (secondary N) is 2. The maximum atomic E-state index is 3.59. The average molecular weight is 194 g/mol. The second kappa shape index (κ2) is 4.94. The van der Waals surface area contributed by atoms with Crippen molar-refractivity contribution in [1.82, 2.24) is 10.6 Å². The molecule has 2 rings (SSSR count). The van der Waals surface area contributed by atoms with Gasteiger partial charge in [-0.25, -0.2) is 0 Å². The molecule has 0 aromatic heterocycles. The molecule has 2 unspecified atom stereocenters. The lowest BCUT2D eigenvalue weighted by molar-refractivity contribution is 0.395. The van der Waals surface area contributed by atoms with Crippen molar-refractivity contribution in [3.05, 3.63) is 11.6 Å². The van der Waals surface area contributed by atoms with Gasteiger partial charge in [-0.15, -0.1) is 0 Å². The van der Waals surface area contributed by atoms with Gasteiger partial charge in [0.15, 0.2) is 0 Å². The van der Waals surface area contributed by atoms with Gasteiger partial charge in [0.2, 0.25) is 0 Å². The molecule has 0 bridgehead atoms. The summed E-state index contributed by atoms with van der Waals surface area (Å²) in [6.45, 7) is 5.79. The van der Waals surface area contributed by atoms with Gasteiger partial charge < -0.3 is 10.6 Å². The molecule has 2 fully saturated rings. The number of rotatable bonds is 2. The first kappa shape index (κ1) is 10.2. The van der Waals surface area contributed by atoms with Gasteiger partial charge in [-0.2, -0.15) is 0 Å². The van der Waals surface area contributed by atoms with Crippen LogP contribution in [-0.2, 0) is 0 Å². The summed E-state index contributed by atoms with van der Waals surface area (Å²) in [5.74, 6) is 0.796. The predicted octanol–water partition coefficient (Wildman–Crippen LogP) is 1.68. The monoisotopic (exact) mass is 194 g/mol. The molecule has 14 heavy (non-hydrogen) atoms. The van der Waals surface area contributed by atoms with Gasteiger partial charge in [0, 0.05) is 12.6 Å². The molecule has 0 radical (unpaired) electrons. The van der Waals surface area contributed by atoms with E-state index < -0.39 is 0 Å². The van der Waals surface area contributed by atoms with Crippen LogP contribution in [0.1, 0.15) is 32.6 Å². The van der Waals surface area contributed by atoms with E-state index in [1.807, 2.05) is 0 Å². The van der Waals surface area contributed by atoms with Crippen LogP contribution in [0.2, 0.25) is 0 Å². The Balaban J connectivity index is 1.87. The first-order valence-electron chi connectivity index (χ1n) is 5.99. The zero-order valence-corrected chi connectivity index (χ0v) is 9.18. The quantitative estimate of drug-likeness (QED) is 0.654. The second-order valence-corrected chi connectivity index (χ2v) is 4.54. The van der Waals surface area contributed by atoms with Crippen LogP contribution >= 0.6 is 0 Å². The number of hydrogen-bond donors (Lipinski definition) is 2. The minimum absolute atomic E-state index is 0.787. The summed E-state index contributed by atoms with van der Waals surface area (Å²) in [6, 6.07) is 0.787. The first-order chi connectivity index (χ1) is 6.90. The Labute approximate surface area is 87.2 Å². The van der Waals surface area contributed by atoms with Crippen LogP contribution < -0.4 is 10.6 Å². The fraction of sp³-hybridized carbons (Fsp3) is 0.833. The van der Waals surface area contributed by atoms with Crippen LogP contribution in [0.4, 0.5) is 0 Å². The van der Waals surface area contributed by atoms with Crippen LogP contribution in [0, 0.1) is 5.92 Å². The van der Waals surface area contributed by atoms with Gasteiger partial charge in [0.25, 0.3) is 0 Å². The Kier molecular flexibility index (Phi) is 3.60. The third-order valence-corrected chi connectivity index (χ3v) is 3.61. The van der Waals surface area contributed by atoms with E-state index in [0.717, 1.165) is 12.0 Å². The molecule has 0 aromatic carbocycles. The van der Waals surface area contributed by atoms with Crippen LogP contribution in [0.5, 0.6) is 0 Å². The number of allylic oxidation sites excluding steroid dienone is 1. The molecule has 2 saturated heterocycles. The molecule has 2 heteroatoms. The molecule has 0 spiro atoms. The molecule has 0 amide bonds. The number of piperidine rings is 1. The molecule has 0 saturated carbocycles. The van der Waals surface area contributed by atoms with Gasteiger partial charge in [-0.1, -0.05) is 11.6 Å². The van der Waals surface area contributed by atoms with Crippen molar-refractivity contribution in [3.63, 3.8) is 0 Å². The van der Waals surface area contributed by atoms with Crippen LogP contribution in [-0.4, -0.2) is 25.7 Å². The van der Waals surface area contributed by atoms with Gasteiger partial charge >= 0.3 is 0 Å². The highest BCUT2D eigenvalue weighted by Gasteiger charge is 2.23. The second-order valence-electron chi connectivity index (χ2n) is 4.54. The van der Waals surface area contributed by atoms with Gasteiger partial charge in [0.1, 0.15) is 0 Å². The number of hydrogen-bond acceptors (Lipinski definition) is 2. The van der Waals surface area contributed by atoms with E-state index in [1.54, 1.807) is 5.57 Å².